The Morgan fingerprint density at radius 3 is 2.43 bits per heavy atom. The monoisotopic (exact) mass is 411 g/mol. The van der Waals surface area contributed by atoms with Crippen LogP contribution in [0.1, 0.15) is 45.0 Å². The zero-order chi connectivity index (χ0) is 21.8. The Hall–Kier alpha value is -3.43. The number of pyridine rings is 1. The number of aryl methyl sites for hydroxylation is 1. The zero-order valence-corrected chi connectivity index (χ0v) is 17.5. The Balaban J connectivity index is 2.10. The summed E-state index contributed by atoms with van der Waals surface area (Å²) in [7, 11) is 0. The molecule has 0 saturated carbocycles. The van der Waals surface area contributed by atoms with Crippen molar-refractivity contribution in [3.63, 3.8) is 0 Å². The van der Waals surface area contributed by atoms with Gasteiger partial charge >= 0.3 is 6.09 Å². The number of hydrogen-bond acceptors (Lipinski definition) is 7. The summed E-state index contributed by atoms with van der Waals surface area (Å²) in [6.07, 6.45) is 2.14. The molecule has 0 amide bonds. The van der Waals surface area contributed by atoms with E-state index in [1.54, 1.807) is 10.7 Å². The molecule has 0 unspecified atom stereocenters. The van der Waals surface area contributed by atoms with Crippen molar-refractivity contribution in [2.24, 2.45) is 0 Å². The van der Waals surface area contributed by atoms with Crippen LogP contribution in [0.3, 0.4) is 0 Å². The maximum atomic E-state index is 13.7. The molecule has 1 fully saturated rings. The lowest BCUT2D eigenvalue weighted by Gasteiger charge is -2.24. The van der Waals surface area contributed by atoms with Crippen LogP contribution in [0.5, 0.6) is 0 Å². The van der Waals surface area contributed by atoms with Crippen LogP contribution in [0.4, 0.5) is 10.7 Å². The minimum absolute atomic E-state index is 0.106. The summed E-state index contributed by atoms with van der Waals surface area (Å²) in [5.74, 6) is 0.106. The predicted octanol–water partition coefficient (Wildman–Crippen LogP) is 2.10. The molecule has 0 atom stereocenters. The maximum Gasteiger partial charge on any atom is 0.432 e. The van der Waals surface area contributed by atoms with E-state index in [0.29, 0.717) is 33.5 Å². The van der Waals surface area contributed by atoms with Gasteiger partial charge in [-0.25, -0.2) is 14.5 Å². The summed E-state index contributed by atoms with van der Waals surface area (Å²) in [5, 5.41) is 16.3. The molecule has 4 heterocycles. The molecule has 0 radical (unpaired) electrons. The fourth-order valence-corrected chi connectivity index (χ4v) is 3.91. The highest BCUT2D eigenvalue weighted by atomic mass is 16.4. The largest absolute Gasteiger partial charge is 0.463 e. The molecule has 3 aromatic rings. The van der Waals surface area contributed by atoms with E-state index in [2.05, 4.69) is 15.1 Å². The minimum atomic E-state index is -1.21. The molecule has 4 rings (SSSR count). The Morgan fingerprint density at radius 2 is 1.83 bits per heavy atom. The average molecular weight is 411 g/mol. The quantitative estimate of drug-likeness (QED) is 0.655. The van der Waals surface area contributed by atoms with E-state index < -0.39 is 11.5 Å². The van der Waals surface area contributed by atoms with Gasteiger partial charge in [0.05, 0.1) is 17.0 Å². The lowest BCUT2D eigenvalue weighted by molar-refractivity contribution is 0.192. The molecule has 10 nitrogen and oxygen atoms in total. The maximum absolute atomic E-state index is 13.7. The number of hydrogen-bond donors (Lipinski definition) is 2. The third-order valence-electron chi connectivity index (χ3n) is 5.32. The van der Waals surface area contributed by atoms with Gasteiger partial charge in [-0.2, -0.15) is 14.8 Å². The van der Waals surface area contributed by atoms with E-state index in [9.17, 15) is 14.7 Å². The average Bonchev–Trinajstić information content (AvgIpc) is 3.30. The number of aromatic nitrogens is 5. The van der Waals surface area contributed by atoms with Crippen molar-refractivity contribution in [1.82, 2.24) is 24.4 Å². The lowest BCUT2D eigenvalue weighted by atomic mass is 9.87. The van der Waals surface area contributed by atoms with Gasteiger partial charge in [-0.1, -0.05) is 20.8 Å². The second-order valence-corrected chi connectivity index (χ2v) is 8.61. The molecule has 1 aliphatic heterocycles. The number of anilines is 1. The number of rotatable bonds is 2. The smallest absolute Gasteiger partial charge is 0.432 e. The van der Waals surface area contributed by atoms with E-state index >= 15 is 0 Å². The molecular formula is C20H25N7O3. The van der Waals surface area contributed by atoms with E-state index in [-0.39, 0.29) is 11.5 Å². The summed E-state index contributed by atoms with van der Waals surface area (Å²) >= 11 is 0. The molecule has 1 saturated heterocycles. The van der Waals surface area contributed by atoms with Gasteiger partial charge in [0.25, 0.3) is 5.56 Å². The molecule has 10 heteroatoms. The summed E-state index contributed by atoms with van der Waals surface area (Å²) < 4.78 is 2.42. The standard InChI is InChI=1S/C20H25N7O3/c1-11-12-9-13(14-10-26(19(29)30)24-15(14)20(2,3)4)17(28)27(25-7-5-6-8-25)16(12)23-18(21)22-11/h9-10H,5-8H2,1-4H3,(H,29,30)(H2,21,22,23). The second kappa shape index (κ2) is 6.82. The number of nitrogen functional groups attached to an aromatic ring is 1. The highest BCUT2D eigenvalue weighted by Crippen LogP contribution is 2.32. The Bertz CT molecular complexity index is 1210. The molecular weight excluding hydrogens is 386 g/mol. The van der Waals surface area contributed by atoms with Crippen LogP contribution in [-0.2, 0) is 5.41 Å². The first-order valence-electron chi connectivity index (χ1n) is 9.87. The third kappa shape index (κ3) is 3.17. The van der Waals surface area contributed by atoms with Crippen molar-refractivity contribution in [3.05, 3.63) is 34.0 Å². The molecule has 1 aliphatic rings. The lowest BCUT2D eigenvalue weighted by Crippen LogP contribution is -2.41. The normalized spacial score (nSPS) is 14.6. The molecule has 158 valence electrons. The van der Waals surface area contributed by atoms with Gasteiger partial charge in [0, 0.05) is 35.7 Å². The Morgan fingerprint density at radius 1 is 1.17 bits per heavy atom. The summed E-state index contributed by atoms with van der Waals surface area (Å²) in [6, 6.07) is 1.72. The number of fused-ring (bicyclic) bond motifs is 1. The highest BCUT2D eigenvalue weighted by Gasteiger charge is 2.28. The fraction of sp³-hybridized carbons (Fsp3) is 0.450. The first-order chi connectivity index (χ1) is 14.1. The minimum Gasteiger partial charge on any atom is -0.463 e. The second-order valence-electron chi connectivity index (χ2n) is 8.61. The third-order valence-corrected chi connectivity index (χ3v) is 5.32. The number of carbonyl (C=O) groups is 1. The summed E-state index contributed by atoms with van der Waals surface area (Å²) in [5.41, 5.74) is 7.61. The van der Waals surface area contributed by atoms with Crippen LogP contribution >= 0.6 is 0 Å². The van der Waals surface area contributed by atoms with Gasteiger partial charge < -0.3 is 15.8 Å². The van der Waals surface area contributed by atoms with E-state index in [4.69, 9.17) is 5.73 Å². The number of nitrogens with two attached hydrogens (primary N) is 1. The van der Waals surface area contributed by atoms with Crippen molar-refractivity contribution in [3.8, 4) is 11.1 Å². The van der Waals surface area contributed by atoms with E-state index in [0.717, 1.165) is 30.6 Å². The fourth-order valence-electron chi connectivity index (χ4n) is 3.91. The summed E-state index contributed by atoms with van der Waals surface area (Å²) in [4.78, 5) is 33.9. The molecule has 30 heavy (non-hydrogen) atoms. The molecule has 0 spiro atoms. The predicted molar refractivity (Wildman–Crippen MR) is 113 cm³/mol. The highest BCUT2D eigenvalue weighted by molar-refractivity contribution is 5.85. The van der Waals surface area contributed by atoms with Gasteiger partial charge in [0.1, 0.15) is 0 Å². The SMILES string of the molecule is Cc1nc(N)nc2c1cc(-c1cn(C(=O)O)nc1C(C)(C)C)c(=O)n2N1CCCC1. The van der Waals surface area contributed by atoms with E-state index in [1.807, 2.05) is 32.7 Å². The van der Waals surface area contributed by atoms with Crippen LogP contribution in [0.25, 0.3) is 22.2 Å². The van der Waals surface area contributed by atoms with Crippen LogP contribution in [-0.4, -0.2) is 48.7 Å². The van der Waals surface area contributed by atoms with Crippen molar-refractivity contribution in [2.75, 3.05) is 23.8 Å². The molecule has 0 bridgehead atoms. The molecule has 3 aromatic heterocycles. The van der Waals surface area contributed by atoms with Crippen molar-refractivity contribution in [2.45, 2.75) is 46.0 Å². The summed E-state index contributed by atoms with van der Waals surface area (Å²) in [6.45, 7) is 9.05. The van der Waals surface area contributed by atoms with Gasteiger partial charge in [-0.15, -0.1) is 0 Å². The van der Waals surface area contributed by atoms with Crippen LogP contribution in [0.15, 0.2) is 17.1 Å². The molecule has 3 N–H and O–H groups in total. The molecule has 0 aromatic carbocycles. The van der Waals surface area contributed by atoms with Gasteiger partial charge in [-0.05, 0) is 25.8 Å². The Kier molecular flexibility index (Phi) is 4.52. The van der Waals surface area contributed by atoms with E-state index in [1.165, 1.54) is 6.20 Å². The molecule has 0 aliphatic carbocycles. The van der Waals surface area contributed by atoms with Crippen LogP contribution in [0, 0.1) is 6.92 Å². The van der Waals surface area contributed by atoms with Gasteiger partial charge in [-0.3, -0.25) is 4.79 Å². The first kappa shape index (κ1) is 19.9. The van der Waals surface area contributed by atoms with Crippen LogP contribution < -0.4 is 16.3 Å². The van der Waals surface area contributed by atoms with Crippen molar-refractivity contribution in [1.29, 1.82) is 0 Å². The van der Waals surface area contributed by atoms with Gasteiger partial charge in [0.2, 0.25) is 5.95 Å². The van der Waals surface area contributed by atoms with Gasteiger partial charge in [0.15, 0.2) is 5.65 Å². The van der Waals surface area contributed by atoms with Crippen LogP contribution in [0.2, 0.25) is 0 Å². The Labute approximate surface area is 172 Å². The zero-order valence-electron chi connectivity index (χ0n) is 17.5. The first-order valence-corrected chi connectivity index (χ1v) is 9.87. The van der Waals surface area contributed by atoms with Crippen molar-refractivity contribution >= 4 is 23.1 Å². The topological polar surface area (TPSA) is 132 Å². The number of nitrogens with zero attached hydrogens (tertiary/aromatic N) is 6. The van der Waals surface area contributed by atoms with Crippen molar-refractivity contribution < 1.29 is 9.90 Å². The number of carboxylic acid groups (broad SMARTS) is 1.